The number of carbonyl (C=O) groups excluding carboxylic acids is 1. The minimum absolute atomic E-state index is 0.173. The molecule has 1 aliphatic heterocycles. The molecule has 5 heteroatoms. The fourth-order valence-corrected chi connectivity index (χ4v) is 1.99. The molecule has 3 N–H and O–H groups in total. The molecule has 0 spiro atoms. The van der Waals surface area contributed by atoms with Crippen LogP contribution in [0.2, 0.25) is 0 Å². The summed E-state index contributed by atoms with van der Waals surface area (Å²) in [4.78, 5) is 14.0. The Morgan fingerprint density at radius 3 is 2.81 bits per heavy atom. The highest BCUT2D eigenvalue weighted by Crippen LogP contribution is 2.25. The lowest BCUT2D eigenvalue weighted by Gasteiger charge is -2.32. The van der Waals surface area contributed by atoms with E-state index in [1.54, 1.807) is 0 Å². The number of nitrogens with two attached hydrogens (primary N) is 1. The van der Waals surface area contributed by atoms with Crippen molar-refractivity contribution in [3.63, 3.8) is 0 Å². The number of hydrogen-bond acceptors (Lipinski definition) is 3. The second kappa shape index (κ2) is 3.50. The summed E-state index contributed by atoms with van der Waals surface area (Å²) in [5.74, 6) is 0.740. The number of carbonyl (C=O) groups is 1. The van der Waals surface area contributed by atoms with Crippen molar-refractivity contribution in [3.05, 3.63) is 11.3 Å². The van der Waals surface area contributed by atoms with Gasteiger partial charge in [-0.3, -0.25) is 9.89 Å². The van der Waals surface area contributed by atoms with Crippen LogP contribution in [0.15, 0.2) is 0 Å². The van der Waals surface area contributed by atoms with Crippen molar-refractivity contribution in [2.24, 2.45) is 5.41 Å². The van der Waals surface area contributed by atoms with Gasteiger partial charge in [0.1, 0.15) is 5.82 Å². The van der Waals surface area contributed by atoms with Crippen molar-refractivity contribution in [1.82, 2.24) is 15.1 Å². The van der Waals surface area contributed by atoms with Gasteiger partial charge in [0.05, 0.1) is 12.2 Å². The SMILES string of the molecule is CC(C)(C)C(=O)N1CCc2c(N)n[nH]c2C1. The van der Waals surface area contributed by atoms with Gasteiger partial charge in [-0.25, -0.2) is 0 Å². The van der Waals surface area contributed by atoms with E-state index in [0.717, 1.165) is 24.2 Å². The van der Waals surface area contributed by atoms with Gasteiger partial charge in [0.2, 0.25) is 5.91 Å². The summed E-state index contributed by atoms with van der Waals surface area (Å²) in [6, 6.07) is 0. The van der Waals surface area contributed by atoms with Crippen LogP contribution in [0.3, 0.4) is 0 Å². The highest BCUT2D eigenvalue weighted by Gasteiger charge is 2.30. The van der Waals surface area contributed by atoms with Gasteiger partial charge in [-0.2, -0.15) is 5.10 Å². The van der Waals surface area contributed by atoms with Crippen molar-refractivity contribution >= 4 is 11.7 Å². The summed E-state index contributed by atoms with van der Waals surface area (Å²) < 4.78 is 0. The monoisotopic (exact) mass is 222 g/mol. The van der Waals surface area contributed by atoms with Crippen LogP contribution in [-0.4, -0.2) is 27.5 Å². The van der Waals surface area contributed by atoms with Gasteiger partial charge in [-0.1, -0.05) is 20.8 Å². The van der Waals surface area contributed by atoms with Gasteiger partial charge in [0.25, 0.3) is 0 Å². The summed E-state index contributed by atoms with van der Waals surface area (Å²) >= 11 is 0. The Morgan fingerprint density at radius 1 is 1.50 bits per heavy atom. The molecule has 0 aliphatic carbocycles. The summed E-state index contributed by atoms with van der Waals surface area (Å²) in [7, 11) is 0. The second-order valence-electron chi connectivity index (χ2n) is 5.29. The Bertz CT molecular complexity index is 416. The van der Waals surface area contributed by atoms with Crippen LogP contribution < -0.4 is 5.73 Å². The first-order valence-corrected chi connectivity index (χ1v) is 5.50. The van der Waals surface area contributed by atoms with Crippen LogP contribution in [0.1, 0.15) is 32.0 Å². The van der Waals surface area contributed by atoms with E-state index in [0.29, 0.717) is 12.4 Å². The molecule has 5 nitrogen and oxygen atoms in total. The first kappa shape index (κ1) is 11.0. The third kappa shape index (κ3) is 1.77. The molecule has 2 rings (SSSR count). The van der Waals surface area contributed by atoms with E-state index in [1.165, 1.54) is 0 Å². The van der Waals surface area contributed by atoms with Crippen molar-refractivity contribution in [2.45, 2.75) is 33.7 Å². The van der Waals surface area contributed by atoms with Crippen molar-refractivity contribution < 1.29 is 4.79 Å². The van der Waals surface area contributed by atoms with Gasteiger partial charge in [0, 0.05) is 17.5 Å². The quantitative estimate of drug-likeness (QED) is 0.685. The zero-order valence-electron chi connectivity index (χ0n) is 10.0. The number of aromatic amines is 1. The zero-order valence-corrected chi connectivity index (χ0v) is 10.0. The average Bonchev–Trinajstić information content (AvgIpc) is 2.57. The molecule has 88 valence electrons. The largest absolute Gasteiger partial charge is 0.382 e. The van der Waals surface area contributed by atoms with E-state index in [-0.39, 0.29) is 11.3 Å². The maximum atomic E-state index is 12.1. The van der Waals surface area contributed by atoms with Crippen LogP contribution in [-0.2, 0) is 17.8 Å². The first-order valence-electron chi connectivity index (χ1n) is 5.50. The topological polar surface area (TPSA) is 75.0 Å². The Labute approximate surface area is 95.0 Å². The van der Waals surface area contributed by atoms with Crippen molar-refractivity contribution in [1.29, 1.82) is 0 Å². The molecule has 1 aromatic rings. The van der Waals surface area contributed by atoms with Gasteiger partial charge in [-0.05, 0) is 6.42 Å². The van der Waals surface area contributed by atoms with E-state index >= 15 is 0 Å². The lowest BCUT2D eigenvalue weighted by atomic mass is 9.93. The van der Waals surface area contributed by atoms with Gasteiger partial charge >= 0.3 is 0 Å². The number of nitrogens with one attached hydrogen (secondary N) is 1. The average molecular weight is 222 g/mol. The van der Waals surface area contributed by atoms with E-state index in [2.05, 4.69) is 10.2 Å². The summed E-state index contributed by atoms with van der Waals surface area (Å²) in [6.45, 7) is 7.13. The number of nitrogens with zero attached hydrogens (tertiary/aromatic N) is 2. The molecule has 0 saturated heterocycles. The van der Waals surface area contributed by atoms with Crippen LogP contribution in [0.5, 0.6) is 0 Å². The Morgan fingerprint density at radius 2 is 2.19 bits per heavy atom. The molecule has 0 saturated carbocycles. The standard InChI is InChI=1S/C11H18N4O/c1-11(2,3)10(16)15-5-4-7-8(6-15)13-14-9(7)12/h4-6H2,1-3H3,(H3,12,13,14). The summed E-state index contributed by atoms with van der Waals surface area (Å²) in [5.41, 5.74) is 7.43. The molecule has 16 heavy (non-hydrogen) atoms. The molecule has 0 bridgehead atoms. The number of rotatable bonds is 0. The maximum absolute atomic E-state index is 12.1. The van der Waals surface area contributed by atoms with Gasteiger partial charge < -0.3 is 10.6 Å². The maximum Gasteiger partial charge on any atom is 0.228 e. The molecular formula is C11H18N4O. The molecule has 0 fully saturated rings. The third-order valence-corrected chi connectivity index (χ3v) is 2.89. The first-order chi connectivity index (χ1) is 7.39. The van der Waals surface area contributed by atoms with E-state index in [9.17, 15) is 4.79 Å². The molecule has 0 unspecified atom stereocenters. The predicted molar refractivity (Wildman–Crippen MR) is 61.6 cm³/mol. The van der Waals surface area contributed by atoms with E-state index in [1.807, 2.05) is 25.7 Å². The predicted octanol–water partition coefficient (Wildman–Crippen LogP) is 0.923. The number of nitrogen functional groups attached to an aromatic ring is 1. The molecule has 0 aromatic carbocycles. The molecule has 0 radical (unpaired) electrons. The Balaban J connectivity index is 2.17. The van der Waals surface area contributed by atoms with Crippen molar-refractivity contribution in [3.8, 4) is 0 Å². The molecular weight excluding hydrogens is 204 g/mol. The lowest BCUT2D eigenvalue weighted by molar-refractivity contribution is -0.140. The van der Waals surface area contributed by atoms with E-state index in [4.69, 9.17) is 5.73 Å². The summed E-state index contributed by atoms with van der Waals surface area (Å²) in [5, 5.41) is 6.86. The second-order valence-corrected chi connectivity index (χ2v) is 5.29. The van der Waals surface area contributed by atoms with Crippen LogP contribution in [0, 0.1) is 5.41 Å². The highest BCUT2D eigenvalue weighted by atomic mass is 16.2. The molecule has 1 amide bonds. The lowest BCUT2D eigenvalue weighted by Crippen LogP contribution is -2.42. The number of fused-ring (bicyclic) bond motifs is 1. The minimum atomic E-state index is -0.330. The number of hydrogen-bond donors (Lipinski definition) is 2. The molecule has 1 aromatic heterocycles. The molecule has 2 heterocycles. The smallest absolute Gasteiger partial charge is 0.228 e. The zero-order chi connectivity index (χ0) is 11.9. The molecule has 1 aliphatic rings. The molecule has 0 atom stereocenters. The number of anilines is 1. The van der Waals surface area contributed by atoms with Gasteiger partial charge in [-0.15, -0.1) is 0 Å². The fourth-order valence-electron chi connectivity index (χ4n) is 1.99. The number of H-pyrrole nitrogens is 1. The van der Waals surface area contributed by atoms with Crippen molar-refractivity contribution in [2.75, 3.05) is 12.3 Å². The number of aromatic nitrogens is 2. The third-order valence-electron chi connectivity index (χ3n) is 2.89. The van der Waals surface area contributed by atoms with Crippen LogP contribution in [0.25, 0.3) is 0 Å². The number of amides is 1. The minimum Gasteiger partial charge on any atom is -0.382 e. The van der Waals surface area contributed by atoms with Gasteiger partial charge in [0.15, 0.2) is 0 Å². The van der Waals surface area contributed by atoms with Crippen LogP contribution >= 0.6 is 0 Å². The Hall–Kier alpha value is -1.52. The van der Waals surface area contributed by atoms with Crippen LogP contribution in [0.4, 0.5) is 5.82 Å². The normalized spacial score (nSPS) is 16.1. The Kier molecular flexibility index (Phi) is 2.40. The fraction of sp³-hybridized carbons (Fsp3) is 0.636. The summed E-state index contributed by atoms with van der Waals surface area (Å²) in [6.07, 6.45) is 0.791. The van der Waals surface area contributed by atoms with E-state index < -0.39 is 0 Å². The highest BCUT2D eigenvalue weighted by molar-refractivity contribution is 5.81.